The van der Waals surface area contributed by atoms with Crippen molar-refractivity contribution in [3.63, 3.8) is 0 Å². The van der Waals surface area contributed by atoms with Gasteiger partial charge in [-0.3, -0.25) is 9.59 Å². The number of aliphatic hydroxyl groups excluding tert-OH is 1. The van der Waals surface area contributed by atoms with Crippen molar-refractivity contribution in [2.24, 2.45) is 5.73 Å². The first-order chi connectivity index (χ1) is 8.53. The number of aliphatic hydroxyl groups is 1. The Hall–Kier alpha value is -1.14. The van der Waals surface area contributed by atoms with Crippen LogP contribution < -0.4 is 11.1 Å². The molecule has 6 nitrogen and oxygen atoms in total. The summed E-state index contributed by atoms with van der Waals surface area (Å²) in [7, 11) is 0. The van der Waals surface area contributed by atoms with Crippen molar-refractivity contribution in [3.8, 4) is 0 Å². The quantitative estimate of drug-likeness (QED) is 0.600. The number of rotatable bonds is 3. The van der Waals surface area contributed by atoms with Crippen LogP contribution in [-0.2, 0) is 9.59 Å². The fourth-order valence-corrected chi connectivity index (χ4v) is 2.96. The predicted molar refractivity (Wildman–Crippen MR) is 65.6 cm³/mol. The Balaban J connectivity index is 2.17. The maximum atomic E-state index is 12.3. The van der Waals surface area contributed by atoms with E-state index in [1.165, 1.54) is 0 Å². The summed E-state index contributed by atoms with van der Waals surface area (Å²) in [5.41, 5.74) is 5.07. The Labute approximate surface area is 107 Å². The number of hydrogen-bond donors (Lipinski definition) is 3. The van der Waals surface area contributed by atoms with Crippen LogP contribution in [0.5, 0.6) is 0 Å². The number of nitrogens with two attached hydrogens (primary N) is 1. The SMILES string of the molecule is CC[C@@H](O)[C@H](N)C(=O)N1CCCC12CCNC2=O. The van der Waals surface area contributed by atoms with Gasteiger partial charge in [0.25, 0.3) is 0 Å². The van der Waals surface area contributed by atoms with Crippen molar-refractivity contribution >= 4 is 11.8 Å². The van der Waals surface area contributed by atoms with Crippen LogP contribution in [-0.4, -0.2) is 52.6 Å². The molecule has 0 aromatic carbocycles. The van der Waals surface area contributed by atoms with Crippen LogP contribution in [0.3, 0.4) is 0 Å². The molecule has 102 valence electrons. The van der Waals surface area contributed by atoms with Crippen molar-refractivity contribution in [2.45, 2.75) is 50.3 Å². The highest BCUT2D eigenvalue weighted by molar-refractivity contribution is 5.95. The number of carbonyl (C=O) groups excluding carboxylic acids is 2. The smallest absolute Gasteiger partial charge is 0.246 e. The van der Waals surface area contributed by atoms with E-state index in [1.54, 1.807) is 11.8 Å². The summed E-state index contributed by atoms with van der Waals surface area (Å²) in [5, 5.41) is 12.5. The molecule has 0 aromatic rings. The lowest BCUT2D eigenvalue weighted by Crippen LogP contribution is -2.58. The van der Waals surface area contributed by atoms with Gasteiger partial charge in [-0.2, -0.15) is 0 Å². The lowest BCUT2D eigenvalue weighted by atomic mass is 9.93. The predicted octanol–water partition coefficient (Wildman–Crippen LogP) is -1.03. The number of likely N-dealkylation sites (tertiary alicyclic amines) is 1. The average molecular weight is 255 g/mol. The maximum Gasteiger partial charge on any atom is 0.246 e. The second-order valence-electron chi connectivity index (χ2n) is 5.13. The van der Waals surface area contributed by atoms with Crippen LogP contribution in [0.15, 0.2) is 0 Å². The normalized spacial score (nSPS) is 30.6. The number of carbonyl (C=O) groups is 2. The zero-order valence-corrected chi connectivity index (χ0v) is 10.7. The zero-order valence-electron chi connectivity index (χ0n) is 10.7. The van der Waals surface area contributed by atoms with E-state index in [-0.39, 0.29) is 11.8 Å². The highest BCUT2D eigenvalue weighted by atomic mass is 16.3. The van der Waals surface area contributed by atoms with Gasteiger partial charge in [-0.15, -0.1) is 0 Å². The minimum absolute atomic E-state index is 0.0773. The summed E-state index contributed by atoms with van der Waals surface area (Å²) in [6.45, 7) is 2.93. The van der Waals surface area contributed by atoms with E-state index in [0.717, 1.165) is 6.42 Å². The lowest BCUT2D eigenvalue weighted by Gasteiger charge is -2.35. The second-order valence-corrected chi connectivity index (χ2v) is 5.13. The van der Waals surface area contributed by atoms with Crippen LogP contribution in [0.1, 0.15) is 32.6 Å². The van der Waals surface area contributed by atoms with Crippen LogP contribution in [0.2, 0.25) is 0 Å². The van der Waals surface area contributed by atoms with Crippen molar-refractivity contribution in [2.75, 3.05) is 13.1 Å². The molecule has 3 atom stereocenters. The number of nitrogens with zero attached hydrogens (tertiary/aromatic N) is 1. The van der Waals surface area contributed by atoms with Gasteiger partial charge in [0, 0.05) is 13.1 Å². The summed E-state index contributed by atoms with van der Waals surface area (Å²) in [5.74, 6) is -0.384. The highest BCUT2D eigenvalue weighted by Gasteiger charge is 2.52. The van der Waals surface area contributed by atoms with Gasteiger partial charge < -0.3 is 21.1 Å². The molecule has 6 heteroatoms. The number of amides is 2. The molecule has 0 aromatic heterocycles. The number of nitrogens with one attached hydrogen (secondary N) is 1. The first-order valence-corrected chi connectivity index (χ1v) is 6.56. The largest absolute Gasteiger partial charge is 0.391 e. The fourth-order valence-electron chi connectivity index (χ4n) is 2.96. The van der Waals surface area contributed by atoms with Gasteiger partial charge in [0.05, 0.1) is 6.10 Å². The third-order valence-corrected chi connectivity index (χ3v) is 4.12. The molecule has 0 radical (unpaired) electrons. The molecule has 2 heterocycles. The number of hydrogen-bond acceptors (Lipinski definition) is 4. The molecule has 18 heavy (non-hydrogen) atoms. The fraction of sp³-hybridized carbons (Fsp3) is 0.833. The van der Waals surface area contributed by atoms with Gasteiger partial charge >= 0.3 is 0 Å². The molecule has 0 saturated carbocycles. The molecule has 0 aliphatic carbocycles. The first-order valence-electron chi connectivity index (χ1n) is 6.56. The van der Waals surface area contributed by atoms with Crippen LogP contribution in [0.4, 0.5) is 0 Å². The molecule has 0 bridgehead atoms. The summed E-state index contributed by atoms with van der Waals surface area (Å²) in [6, 6.07) is -0.932. The van der Waals surface area contributed by atoms with Gasteiger partial charge in [-0.1, -0.05) is 6.92 Å². The van der Waals surface area contributed by atoms with Crippen LogP contribution >= 0.6 is 0 Å². The third-order valence-electron chi connectivity index (χ3n) is 4.12. The molecule has 2 saturated heterocycles. The molecule has 4 N–H and O–H groups in total. The monoisotopic (exact) mass is 255 g/mol. The molecule has 2 amide bonds. The van der Waals surface area contributed by atoms with Gasteiger partial charge in [-0.25, -0.2) is 0 Å². The molecular weight excluding hydrogens is 234 g/mol. The zero-order chi connectivity index (χ0) is 13.3. The Morgan fingerprint density at radius 3 is 2.89 bits per heavy atom. The van der Waals surface area contributed by atoms with Crippen molar-refractivity contribution in [1.82, 2.24) is 10.2 Å². The summed E-state index contributed by atoms with van der Waals surface area (Å²) in [4.78, 5) is 25.9. The Morgan fingerprint density at radius 2 is 2.33 bits per heavy atom. The highest BCUT2D eigenvalue weighted by Crippen LogP contribution is 2.35. The minimum atomic E-state index is -0.932. The molecule has 2 aliphatic rings. The summed E-state index contributed by atoms with van der Waals surface area (Å²) < 4.78 is 0. The molecule has 2 aliphatic heterocycles. The minimum Gasteiger partial charge on any atom is -0.391 e. The Kier molecular flexibility index (Phi) is 3.59. The standard InChI is InChI=1S/C12H21N3O3/c1-2-8(16)9(13)10(17)15-7-3-4-12(15)5-6-14-11(12)18/h8-9,16H,2-7,13H2,1H3,(H,14,18)/t8-,9+,12?/m1/s1. The van der Waals surface area contributed by atoms with Crippen LogP contribution in [0.25, 0.3) is 0 Å². The van der Waals surface area contributed by atoms with E-state index >= 15 is 0 Å². The Morgan fingerprint density at radius 1 is 1.61 bits per heavy atom. The van der Waals surface area contributed by atoms with E-state index in [9.17, 15) is 14.7 Å². The van der Waals surface area contributed by atoms with E-state index in [1.807, 2.05) is 0 Å². The topological polar surface area (TPSA) is 95.7 Å². The molecule has 2 rings (SSSR count). The van der Waals surface area contributed by atoms with Crippen molar-refractivity contribution < 1.29 is 14.7 Å². The van der Waals surface area contributed by atoms with Gasteiger partial charge in [0.15, 0.2) is 0 Å². The van der Waals surface area contributed by atoms with Crippen molar-refractivity contribution in [3.05, 3.63) is 0 Å². The average Bonchev–Trinajstić information content (AvgIpc) is 2.96. The lowest BCUT2D eigenvalue weighted by molar-refractivity contribution is -0.145. The Bertz CT molecular complexity index is 356. The molecule has 2 fully saturated rings. The molecular formula is C12H21N3O3. The molecule has 1 spiro atoms. The van der Waals surface area contributed by atoms with E-state index in [2.05, 4.69) is 5.32 Å². The maximum absolute atomic E-state index is 12.3. The van der Waals surface area contributed by atoms with E-state index in [4.69, 9.17) is 5.73 Å². The van der Waals surface area contributed by atoms with Crippen LogP contribution in [0, 0.1) is 0 Å². The summed E-state index contributed by atoms with van der Waals surface area (Å²) >= 11 is 0. The van der Waals surface area contributed by atoms with Crippen molar-refractivity contribution in [1.29, 1.82) is 0 Å². The van der Waals surface area contributed by atoms with Gasteiger partial charge in [0.1, 0.15) is 11.6 Å². The van der Waals surface area contributed by atoms with E-state index in [0.29, 0.717) is 32.4 Å². The second kappa shape index (κ2) is 4.85. The third kappa shape index (κ3) is 1.89. The van der Waals surface area contributed by atoms with Gasteiger partial charge in [0.2, 0.25) is 11.8 Å². The molecule has 1 unspecified atom stereocenters. The first kappa shape index (κ1) is 13.3. The van der Waals surface area contributed by atoms with Gasteiger partial charge in [-0.05, 0) is 25.7 Å². The summed E-state index contributed by atoms with van der Waals surface area (Å²) in [6.07, 6.45) is 1.74. The van der Waals surface area contributed by atoms with E-state index < -0.39 is 17.7 Å².